The second-order valence-electron chi connectivity index (χ2n) is 6.39. The summed E-state index contributed by atoms with van der Waals surface area (Å²) in [5, 5.41) is 11.0. The van der Waals surface area contributed by atoms with Crippen molar-refractivity contribution < 1.29 is 14.3 Å². The van der Waals surface area contributed by atoms with Gasteiger partial charge in [0.25, 0.3) is 0 Å². The Morgan fingerprint density at radius 2 is 2.17 bits per heavy atom. The van der Waals surface area contributed by atoms with Crippen LogP contribution in [0.2, 0.25) is 0 Å². The molecule has 0 saturated carbocycles. The van der Waals surface area contributed by atoms with Crippen molar-refractivity contribution in [2.75, 3.05) is 26.8 Å². The minimum Gasteiger partial charge on any atom is -0.385 e. The number of morpholine rings is 1. The molecule has 0 bridgehead atoms. The lowest BCUT2D eigenvalue weighted by molar-refractivity contribution is -0.132. The average Bonchev–Trinajstić information content (AvgIpc) is 2.98. The zero-order chi connectivity index (χ0) is 17.5. The van der Waals surface area contributed by atoms with Gasteiger partial charge < -0.3 is 19.4 Å². The van der Waals surface area contributed by atoms with E-state index in [0.717, 1.165) is 31.9 Å². The Morgan fingerprint density at radius 3 is 2.83 bits per heavy atom. The van der Waals surface area contributed by atoms with Crippen LogP contribution in [-0.2, 0) is 27.4 Å². The maximum atomic E-state index is 12.5. The van der Waals surface area contributed by atoms with Gasteiger partial charge in [-0.3, -0.25) is 9.69 Å². The van der Waals surface area contributed by atoms with Crippen molar-refractivity contribution in [2.45, 2.75) is 58.5 Å². The second-order valence-corrected chi connectivity index (χ2v) is 6.39. The van der Waals surface area contributed by atoms with Crippen LogP contribution in [0.5, 0.6) is 0 Å². The number of carbonyl (C=O) groups is 1. The third-order valence-electron chi connectivity index (χ3n) is 4.24. The van der Waals surface area contributed by atoms with Crippen molar-refractivity contribution >= 4 is 5.91 Å². The number of aryl methyl sites for hydroxylation is 1. The third kappa shape index (κ3) is 5.25. The number of methoxy groups -OCH3 is 1. The zero-order valence-electron chi connectivity index (χ0n) is 15.1. The van der Waals surface area contributed by atoms with E-state index in [2.05, 4.69) is 20.4 Å². The molecule has 1 aromatic rings. The molecule has 24 heavy (non-hydrogen) atoms. The summed E-state index contributed by atoms with van der Waals surface area (Å²) in [4.78, 5) is 14.6. The van der Waals surface area contributed by atoms with E-state index in [1.807, 2.05) is 25.3 Å². The number of aromatic nitrogens is 3. The predicted molar refractivity (Wildman–Crippen MR) is 89.4 cm³/mol. The summed E-state index contributed by atoms with van der Waals surface area (Å²) in [5.74, 6) is 0.762. The molecule has 2 rings (SSSR count). The molecule has 1 aromatic heterocycles. The molecule has 8 nitrogen and oxygen atoms in total. The number of nitrogens with one attached hydrogen (secondary N) is 1. The summed E-state index contributed by atoms with van der Waals surface area (Å²) >= 11 is 0. The Morgan fingerprint density at radius 1 is 1.46 bits per heavy atom. The van der Waals surface area contributed by atoms with Gasteiger partial charge in [0, 0.05) is 33.4 Å². The second kappa shape index (κ2) is 9.10. The zero-order valence-corrected chi connectivity index (χ0v) is 15.1. The highest BCUT2D eigenvalue weighted by atomic mass is 16.5. The van der Waals surface area contributed by atoms with Gasteiger partial charge in [-0.2, -0.15) is 0 Å². The predicted octanol–water partition coefficient (Wildman–Crippen LogP) is 0.429. The third-order valence-corrected chi connectivity index (χ3v) is 4.24. The van der Waals surface area contributed by atoms with Gasteiger partial charge in [0.15, 0.2) is 5.82 Å². The number of ether oxygens (including phenoxy) is 2. The van der Waals surface area contributed by atoms with Crippen molar-refractivity contribution in [3.8, 4) is 0 Å². The molecule has 0 aromatic carbocycles. The molecule has 0 spiro atoms. The lowest BCUT2D eigenvalue weighted by Crippen LogP contribution is -2.53. The molecule has 1 fully saturated rings. The van der Waals surface area contributed by atoms with Crippen LogP contribution in [0, 0.1) is 0 Å². The van der Waals surface area contributed by atoms with E-state index in [9.17, 15) is 4.79 Å². The van der Waals surface area contributed by atoms with Crippen LogP contribution >= 0.6 is 0 Å². The number of amides is 1. The van der Waals surface area contributed by atoms with Crippen LogP contribution in [0.1, 0.15) is 33.0 Å². The molecule has 1 aliphatic heterocycles. The van der Waals surface area contributed by atoms with Crippen molar-refractivity contribution in [3.63, 3.8) is 0 Å². The van der Waals surface area contributed by atoms with Crippen LogP contribution in [0.4, 0.5) is 0 Å². The minimum atomic E-state index is -0.191. The molecule has 0 radical (unpaired) electrons. The fourth-order valence-electron chi connectivity index (χ4n) is 3.00. The summed E-state index contributed by atoms with van der Waals surface area (Å²) in [7, 11) is 1.68. The van der Waals surface area contributed by atoms with E-state index in [1.165, 1.54) is 0 Å². The first kappa shape index (κ1) is 18.8. The molecule has 8 heteroatoms. The van der Waals surface area contributed by atoms with Crippen LogP contribution in [0.3, 0.4) is 0 Å². The highest BCUT2D eigenvalue weighted by molar-refractivity contribution is 5.81. The van der Waals surface area contributed by atoms with Crippen molar-refractivity contribution in [1.29, 1.82) is 0 Å². The van der Waals surface area contributed by atoms with E-state index < -0.39 is 0 Å². The molecule has 1 amide bonds. The van der Waals surface area contributed by atoms with Gasteiger partial charge in [0.1, 0.15) is 6.33 Å². The standard InChI is InChI=1S/C16H29N5O3/c1-12-9-21(10-13(2)24-12)14(3)16(22)17-8-15-19-18-11-20(15)6-5-7-23-4/h11-14H,5-10H2,1-4H3,(H,17,22)/t12-,13+,14-/m0/s1. The average molecular weight is 339 g/mol. The number of nitrogens with zero attached hydrogens (tertiary/aromatic N) is 4. The Kier molecular flexibility index (Phi) is 7.14. The molecule has 3 atom stereocenters. The summed E-state index contributed by atoms with van der Waals surface area (Å²) in [6.07, 6.45) is 2.86. The van der Waals surface area contributed by atoms with Crippen LogP contribution in [0.15, 0.2) is 6.33 Å². The Hall–Kier alpha value is -1.51. The highest BCUT2D eigenvalue weighted by Crippen LogP contribution is 2.13. The molecule has 1 saturated heterocycles. The number of hydrogen-bond acceptors (Lipinski definition) is 6. The molecular weight excluding hydrogens is 310 g/mol. The Balaban J connectivity index is 1.83. The summed E-state index contributed by atoms with van der Waals surface area (Å²) in [5.41, 5.74) is 0. The first-order chi connectivity index (χ1) is 11.5. The SMILES string of the molecule is COCCCn1cnnc1CNC(=O)[C@H](C)N1C[C@@H](C)O[C@@H](C)C1. The van der Waals surface area contributed by atoms with E-state index in [1.54, 1.807) is 13.4 Å². The lowest BCUT2D eigenvalue weighted by atomic mass is 10.1. The maximum Gasteiger partial charge on any atom is 0.237 e. The van der Waals surface area contributed by atoms with Gasteiger partial charge in [-0.05, 0) is 27.2 Å². The number of carbonyl (C=O) groups excluding carboxylic acids is 1. The quantitative estimate of drug-likeness (QED) is 0.692. The van der Waals surface area contributed by atoms with Gasteiger partial charge in [0.05, 0.1) is 24.8 Å². The normalized spacial score (nSPS) is 23.2. The van der Waals surface area contributed by atoms with Crippen molar-refractivity contribution in [2.24, 2.45) is 0 Å². The maximum absolute atomic E-state index is 12.5. The van der Waals surface area contributed by atoms with Gasteiger partial charge in [0.2, 0.25) is 5.91 Å². The van der Waals surface area contributed by atoms with Crippen LogP contribution in [-0.4, -0.2) is 70.6 Å². The van der Waals surface area contributed by atoms with Crippen LogP contribution in [0.25, 0.3) is 0 Å². The van der Waals surface area contributed by atoms with Gasteiger partial charge in [-0.25, -0.2) is 0 Å². The topological polar surface area (TPSA) is 81.5 Å². The van der Waals surface area contributed by atoms with Gasteiger partial charge in [-0.15, -0.1) is 10.2 Å². The first-order valence-electron chi connectivity index (χ1n) is 8.54. The van der Waals surface area contributed by atoms with Gasteiger partial charge >= 0.3 is 0 Å². The number of rotatable bonds is 8. The minimum absolute atomic E-state index is 0.00254. The Bertz CT molecular complexity index is 512. The fourth-order valence-corrected chi connectivity index (χ4v) is 3.00. The monoisotopic (exact) mass is 339 g/mol. The molecule has 1 aliphatic rings. The lowest BCUT2D eigenvalue weighted by Gasteiger charge is -2.38. The molecular formula is C16H29N5O3. The van der Waals surface area contributed by atoms with E-state index >= 15 is 0 Å². The number of hydrogen-bond donors (Lipinski definition) is 1. The molecule has 0 aliphatic carbocycles. The molecule has 1 N–H and O–H groups in total. The van der Waals surface area contributed by atoms with E-state index in [4.69, 9.17) is 9.47 Å². The van der Waals surface area contributed by atoms with Gasteiger partial charge in [-0.1, -0.05) is 0 Å². The molecule has 0 unspecified atom stereocenters. The smallest absolute Gasteiger partial charge is 0.237 e. The van der Waals surface area contributed by atoms with Crippen LogP contribution < -0.4 is 5.32 Å². The first-order valence-corrected chi connectivity index (χ1v) is 8.54. The van der Waals surface area contributed by atoms with Crippen molar-refractivity contribution in [3.05, 3.63) is 12.2 Å². The van der Waals surface area contributed by atoms with Crippen molar-refractivity contribution in [1.82, 2.24) is 25.0 Å². The Labute approximate surface area is 143 Å². The summed E-state index contributed by atoms with van der Waals surface area (Å²) < 4.78 is 12.7. The summed E-state index contributed by atoms with van der Waals surface area (Å²) in [6, 6.07) is -0.191. The molecule has 2 heterocycles. The largest absolute Gasteiger partial charge is 0.385 e. The fraction of sp³-hybridized carbons (Fsp3) is 0.812. The van der Waals surface area contributed by atoms with E-state index in [0.29, 0.717) is 13.2 Å². The van der Waals surface area contributed by atoms with E-state index in [-0.39, 0.29) is 24.2 Å². The highest BCUT2D eigenvalue weighted by Gasteiger charge is 2.29. The molecule has 136 valence electrons. The summed E-state index contributed by atoms with van der Waals surface area (Å²) in [6.45, 7) is 9.40.